The van der Waals surface area contributed by atoms with Crippen LogP contribution in [0, 0.1) is 4.77 Å². The third-order valence-corrected chi connectivity index (χ3v) is 5.40. The Balaban J connectivity index is 2.31. The van der Waals surface area contributed by atoms with E-state index in [0.29, 0.717) is 21.8 Å². The van der Waals surface area contributed by atoms with Gasteiger partial charge >= 0.3 is 0 Å². The van der Waals surface area contributed by atoms with Crippen LogP contribution in [0.15, 0.2) is 36.5 Å². The summed E-state index contributed by atoms with van der Waals surface area (Å²) in [5, 5.41) is 10.6. The molecule has 0 fully saturated rings. The summed E-state index contributed by atoms with van der Waals surface area (Å²) in [5.41, 5.74) is 5.46. The molecule has 1 heterocycles. The highest BCUT2D eigenvalue weighted by atomic mass is 32.1. The molecule has 0 bridgehead atoms. The van der Waals surface area contributed by atoms with Gasteiger partial charge in [0.05, 0.1) is 19.9 Å². The number of benzene rings is 2. The SMILES string of the molecule is COc1ccc(-c2[nH]c(=S)ncc2-c2cc(C(C)C)c(OC)c(C(C)C)c2)c(O)c1. The van der Waals surface area contributed by atoms with E-state index in [-0.39, 0.29) is 17.6 Å². The molecule has 1 aromatic heterocycles. The van der Waals surface area contributed by atoms with Crippen molar-refractivity contribution >= 4 is 12.2 Å². The summed E-state index contributed by atoms with van der Waals surface area (Å²) in [6, 6.07) is 9.47. The van der Waals surface area contributed by atoms with Crippen LogP contribution in [-0.2, 0) is 0 Å². The third-order valence-electron chi connectivity index (χ3n) is 5.19. The fraction of sp³-hybridized carbons (Fsp3) is 0.333. The van der Waals surface area contributed by atoms with Crippen LogP contribution in [0.2, 0.25) is 0 Å². The molecular formula is C24H28N2O3S. The second kappa shape index (κ2) is 8.88. The van der Waals surface area contributed by atoms with E-state index < -0.39 is 0 Å². The summed E-state index contributed by atoms with van der Waals surface area (Å²) in [5.74, 6) is 2.18. The summed E-state index contributed by atoms with van der Waals surface area (Å²) >= 11 is 5.28. The molecule has 0 aliphatic heterocycles. The lowest BCUT2D eigenvalue weighted by molar-refractivity contribution is 0.400. The van der Waals surface area contributed by atoms with Gasteiger partial charge in [-0.25, -0.2) is 4.98 Å². The van der Waals surface area contributed by atoms with Crippen molar-refractivity contribution in [1.29, 1.82) is 0 Å². The number of aromatic hydroxyl groups is 1. The van der Waals surface area contributed by atoms with E-state index in [4.69, 9.17) is 21.7 Å². The van der Waals surface area contributed by atoms with E-state index >= 15 is 0 Å². The second-order valence-electron chi connectivity index (χ2n) is 7.86. The molecule has 5 nitrogen and oxygen atoms in total. The minimum Gasteiger partial charge on any atom is -0.507 e. The largest absolute Gasteiger partial charge is 0.507 e. The molecule has 0 saturated heterocycles. The summed E-state index contributed by atoms with van der Waals surface area (Å²) in [6.45, 7) is 8.61. The number of aromatic nitrogens is 2. The van der Waals surface area contributed by atoms with Crippen molar-refractivity contribution in [2.75, 3.05) is 14.2 Å². The first-order chi connectivity index (χ1) is 14.3. The van der Waals surface area contributed by atoms with Gasteiger partial charge in [-0.1, -0.05) is 27.7 Å². The van der Waals surface area contributed by atoms with Crippen molar-refractivity contribution in [2.24, 2.45) is 0 Å². The summed E-state index contributed by atoms with van der Waals surface area (Å²) in [7, 11) is 3.28. The quantitative estimate of drug-likeness (QED) is 0.446. The molecule has 2 N–H and O–H groups in total. The molecule has 0 amide bonds. The average molecular weight is 425 g/mol. The Kier molecular flexibility index (Phi) is 6.46. The number of phenolic OH excluding ortho intramolecular Hbond substituents is 1. The normalized spacial score (nSPS) is 11.2. The van der Waals surface area contributed by atoms with Crippen molar-refractivity contribution in [3.8, 4) is 39.6 Å². The molecule has 0 aliphatic rings. The van der Waals surface area contributed by atoms with E-state index in [0.717, 1.165) is 28.0 Å². The van der Waals surface area contributed by atoms with Crippen LogP contribution in [0.4, 0.5) is 0 Å². The number of hydrogen-bond donors (Lipinski definition) is 2. The topological polar surface area (TPSA) is 67.4 Å². The molecule has 0 unspecified atom stereocenters. The van der Waals surface area contributed by atoms with Gasteiger partial charge in [0.25, 0.3) is 0 Å². The molecule has 158 valence electrons. The number of H-pyrrole nitrogens is 1. The molecule has 3 aromatic rings. The van der Waals surface area contributed by atoms with Crippen LogP contribution < -0.4 is 9.47 Å². The minimum absolute atomic E-state index is 0.106. The predicted molar refractivity (Wildman–Crippen MR) is 123 cm³/mol. The highest BCUT2D eigenvalue weighted by molar-refractivity contribution is 7.71. The van der Waals surface area contributed by atoms with Gasteiger partial charge in [0.15, 0.2) is 4.77 Å². The van der Waals surface area contributed by atoms with Crippen LogP contribution in [0.25, 0.3) is 22.4 Å². The standard InChI is InChI=1S/C24H28N2O3S/c1-13(2)18-9-15(10-19(14(3)4)23(18)29-6)20-12-25-24(30)26-22(20)17-8-7-16(28-5)11-21(17)27/h7-14,27H,1-6H3,(H,25,26,30). The Labute approximate surface area is 182 Å². The van der Waals surface area contributed by atoms with E-state index in [9.17, 15) is 5.11 Å². The zero-order valence-electron chi connectivity index (χ0n) is 18.2. The van der Waals surface area contributed by atoms with Gasteiger partial charge in [-0.2, -0.15) is 0 Å². The van der Waals surface area contributed by atoms with Gasteiger partial charge in [0.1, 0.15) is 17.2 Å². The molecule has 30 heavy (non-hydrogen) atoms. The first kappa shape index (κ1) is 21.8. The lowest BCUT2D eigenvalue weighted by atomic mass is 9.88. The summed E-state index contributed by atoms with van der Waals surface area (Å²) in [4.78, 5) is 7.48. The number of nitrogens with zero attached hydrogens (tertiary/aromatic N) is 1. The van der Waals surface area contributed by atoms with Crippen LogP contribution >= 0.6 is 12.2 Å². The number of ether oxygens (including phenoxy) is 2. The fourth-order valence-electron chi connectivity index (χ4n) is 3.60. The molecule has 6 heteroatoms. The predicted octanol–water partition coefficient (Wildman–Crippen LogP) is 6.44. The lowest BCUT2D eigenvalue weighted by Gasteiger charge is -2.21. The summed E-state index contributed by atoms with van der Waals surface area (Å²) in [6.07, 6.45) is 1.76. The Hall–Kier alpha value is -2.86. The maximum atomic E-state index is 10.6. The van der Waals surface area contributed by atoms with Crippen molar-refractivity contribution in [3.63, 3.8) is 0 Å². The van der Waals surface area contributed by atoms with Crippen molar-refractivity contribution in [3.05, 3.63) is 52.4 Å². The third kappa shape index (κ3) is 4.19. The zero-order chi connectivity index (χ0) is 22.0. The van der Waals surface area contributed by atoms with Gasteiger partial charge in [0, 0.05) is 23.4 Å². The Bertz CT molecular complexity index is 1090. The van der Waals surface area contributed by atoms with Crippen LogP contribution in [0.3, 0.4) is 0 Å². The van der Waals surface area contributed by atoms with Crippen LogP contribution in [0.5, 0.6) is 17.2 Å². The van der Waals surface area contributed by atoms with Crippen molar-refractivity contribution in [2.45, 2.75) is 39.5 Å². The summed E-state index contributed by atoms with van der Waals surface area (Å²) < 4.78 is 11.3. The number of hydrogen-bond acceptors (Lipinski definition) is 5. The van der Waals surface area contributed by atoms with Gasteiger partial charge in [-0.05, 0) is 65.0 Å². The van der Waals surface area contributed by atoms with Crippen LogP contribution in [0.1, 0.15) is 50.7 Å². The molecule has 0 radical (unpaired) electrons. The van der Waals surface area contributed by atoms with Gasteiger partial charge < -0.3 is 19.6 Å². The maximum absolute atomic E-state index is 10.6. The molecule has 3 rings (SSSR count). The first-order valence-electron chi connectivity index (χ1n) is 9.95. The first-order valence-corrected chi connectivity index (χ1v) is 10.4. The molecular weight excluding hydrogens is 396 g/mol. The van der Waals surface area contributed by atoms with E-state index in [1.807, 2.05) is 12.1 Å². The number of nitrogens with one attached hydrogen (secondary N) is 1. The smallest absolute Gasteiger partial charge is 0.197 e. The molecule has 0 spiro atoms. The molecule has 2 aromatic carbocycles. The van der Waals surface area contributed by atoms with Crippen molar-refractivity contribution < 1.29 is 14.6 Å². The second-order valence-corrected chi connectivity index (χ2v) is 8.24. The molecule has 0 saturated carbocycles. The number of methoxy groups -OCH3 is 2. The molecule has 0 atom stereocenters. The zero-order valence-corrected chi connectivity index (χ0v) is 19.1. The minimum atomic E-state index is 0.106. The monoisotopic (exact) mass is 424 g/mol. The van der Waals surface area contributed by atoms with E-state index in [2.05, 4.69) is 49.8 Å². The average Bonchev–Trinajstić information content (AvgIpc) is 2.72. The maximum Gasteiger partial charge on any atom is 0.197 e. The number of rotatable bonds is 6. The Morgan fingerprint density at radius 2 is 1.57 bits per heavy atom. The fourth-order valence-corrected chi connectivity index (χ4v) is 3.75. The molecule has 0 aliphatic carbocycles. The Morgan fingerprint density at radius 3 is 2.07 bits per heavy atom. The van der Waals surface area contributed by atoms with Crippen molar-refractivity contribution in [1.82, 2.24) is 9.97 Å². The van der Waals surface area contributed by atoms with Crippen LogP contribution in [-0.4, -0.2) is 29.3 Å². The Morgan fingerprint density at radius 1 is 0.933 bits per heavy atom. The lowest BCUT2D eigenvalue weighted by Crippen LogP contribution is -2.03. The van der Waals surface area contributed by atoms with E-state index in [1.165, 1.54) is 0 Å². The van der Waals surface area contributed by atoms with E-state index in [1.54, 1.807) is 26.5 Å². The highest BCUT2D eigenvalue weighted by Gasteiger charge is 2.20. The van der Waals surface area contributed by atoms with Gasteiger partial charge in [-0.3, -0.25) is 0 Å². The number of phenols is 1. The number of aromatic amines is 1. The highest BCUT2D eigenvalue weighted by Crippen LogP contribution is 2.42. The van der Waals surface area contributed by atoms with Gasteiger partial charge in [-0.15, -0.1) is 0 Å². The van der Waals surface area contributed by atoms with Gasteiger partial charge in [0.2, 0.25) is 0 Å².